The van der Waals surface area contributed by atoms with Crippen molar-refractivity contribution in [3.8, 4) is 5.75 Å². The van der Waals surface area contributed by atoms with Crippen molar-refractivity contribution in [3.63, 3.8) is 0 Å². The topological polar surface area (TPSA) is 52.6 Å². The molecule has 2 aliphatic rings. The zero-order valence-electron chi connectivity index (χ0n) is 13.8. The standard InChI is InChI=1S/C19H22O4/c1-12-18(2,3)14-9-10-19(12,11-14)17(21)23-15-7-5-13(6-8-15)16(20)22-4/h5-8,14H,1,9-11H2,2-4H3/t14-,19-/m1/s1. The summed E-state index contributed by atoms with van der Waals surface area (Å²) < 4.78 is 10.3. The fourth-order valence-corrected chi connectivity index (χ4v) is 4.09. The van der Waals surface area contributed by atoms with Gasteiger partial charge in [0.1, 0.15) is 5.75 Å². The van der Waals surface area contributed by atoms with Gasteiger partial charge >= 0.3 is 11.9 Å². The van der Waals surface area contributed by atoms with E-state index < -0.39 is 11.4 Å². The Morgan fingerprint density at radius 1 is 1.22 bits per heavy atom. The van der Waals surface area contributed by atoms with Crippen LogP contribution in [0.3, 0.4) is 0 Å². The highest BCUT2D eigenvalue weighted by Gasteiger charge is 2.61. The van der Waals surface area contributed by atoms with Gasteiger partial charge in [0.2, 0.25) is 0 Å². The van der Waals surface area contributed by atoms with Crippen LogP contribution in [-0.4, -0.2) is 19.0 Å². The highest BCUT2D eigenvalue weighted by atomic mass is 16.5. The Balaban J connectivity index is 1.78. The Kier molecular flexibility index (Phi) is 3.58. The molecule has 23 heavy (non-hydrogen) atoms. The van der Waals surface area contributed by atoms with E-state index in [9.17, 15) is 9.59 Å². The first kappa shape index (κ1) is 15.8. The Morgan fingerprint density at radius 2 is 1.87 bits per heavy atom. The molecule has 0 saturated heterocycles. The number of carbonyl (C=O) groups is 2. The average molecular weight is 314 g/mol. The first-order valence-electron chi connectivity index (χ1n) is 7.92. The molecule has 2 fully saturated rings. The van der Waals surface area contributed by atoms with Gasteiger partial charge in [-0.15, -0.1) is 0 Å². The highest BCUT2D eigenvalue weighted by Crippen LogP contribution is 2.65. The number of hydrogen-bond acceptors (Lipinski definition) is 4. The van der Waals surface area contributed by atoms with E-state index in [1.165, 1.54) is 7.11 Å². The van der Waals surface area contributed by atoms with Gasteiger partial charge in [-0.1, -0.05) is 26.0 Å². The quantitative estimate of drug-likeness (QED) is 0.484. The third kappa shape index (κ3) is 2.28. The minimum Gasteiger partial charge on any atom is -0.465 e. The van der Waals surface area contributed by atoms with Gasteiger partial charge in [0.25, 0.3) is 0 Å². The van der Waals surface area contributed by atoms with Gasteiger partial charge in [-0.3, -0.25) is 4.79 Å². The molecule has 0 aliphatic heterocycles. The summed E-state index contributed by atoms with van der Waals surface area (Å²) in [5.74, 6) is 0.314. The maximum Gasteiger partial charge on any atom is 0.337 e. The normalized spacial score (nSPS) is 27.8. The van der Waals surface area contributed by atoms with E-state index in [2.05, 4.69) is 25.2 Å². The largest absolute Gasteiger partial charge is 0.465 e. The molecule has 0 aromatic heterocycles. The fraction of sp³-hybridized carbons (Fsp3) is 0.474. The monoisotopic (exact) mass is 314 g/mol. The first-order valence-corrected chi connectivity index (χ1v) is 7.92. The van der Waals surface area contributed by atoms with E-state index in [0.717, 1.165) is 24.8 Å². The Hall–Kier alpha value is -2.10. The maximum atomic E-state index is 12.8. The molecule has 4 nitrogen and oxygen atoms in total. The molecule has 0 heterocycles. The van der Waals surface area contributed by atoms with Crippen LogP contribution in [0.2, 0.25) is 0 Å². The summed E-state index contributed by atoms with van der Waals surface area (Å²) in [6, 6.07) is 6.43. The van der Waals surface area contributed by atoms with Gasteiger partial charge in [0.05, 0.1) is 18.1 Å². The molecule has 3 rings (SSSR count). The van der Waals surface area contributed by atoms with Gasteiger partial charge < -0.3 is 9.47 Å². The van der Waals surface area contributed by atoms with Crippen LogP contribution in [0.25, 0.3) is 0 Å². The first-order chi connectivity index (χ1) is 10.8. The summed E-state index contributed by atoms with van der Waals surface area (Å²) in [6.45, 7) is 8.54. The number of esters is 2. The summed E-state index contributed by atoms with van der Waals surface area (Å²) in [6.07, 6.45) is 2.69. The molecule has 0 N–H and O–H groups in total. The second-order valence-corrected chi connectivity index (χ2v) is 7.13. The molecule has 0 amide bonds. The van der Waals surface area contributed by atoms with Crippen LogP contribution in [-0.2, 0) is 9.53 Å². The summed E-state index contributed by atoms with van der Waals surface area (Å²) in [4.78, 5) is 24.2. The van der Waals surface area contributed by atoms with Crippen LogP contribution >= 0.6 is 0 Å². The van der Waals surface area contributed by atoms with Crippen molar-refractivity contribution in [1.29, 1.82) is 0 Å². The van der Waals surface area contributed by atoms with Crippen LogP contribution in [0, 0.1) is 16.7 Å². The van der Waals surface area contributed by atoms with Gasteiger partial charge in [-0.25, -0.2) is 4.79 Å². The number of hydrogen-bond donors (Lipinski definition) is 0. The number of benzene rings is 1. The number of methoxy groups -OCH3 is 1. The van der Waals surface area contributed by atoms with Gasteiger partial charge in [0.15, 0.2) is 0 Å². The van der Waals surface area contributed by atoms with Crippen molar-refractivity contribution >= 4 is 11.9 Å². The zero-order chi connectivity index (χ0) is 16.8. The van der Waals surface area contributed by atoms with Crippen molar-refractivity contribution in [3.05, 3.63) is 42.0 Å². The summed E-state index contributed by atoms with van der Waals surface area (Å²) in [5, 5.41) is 0. The van der Waals surface area contributed by atoms with Crippen LogP contribution in [0.5, 0.6) is 5.75 Å². The summed E-state index contributed by atoms with van der Waals surface area (Å²) in [5.41, 5.74) is 0.872. The Morgan fingerprint density at radius 3 is 2.39 bits per heavy atom. The summed E-state index contributed by atoms with van der Waals surface area (Å²) in [7, 11) is 1.33. The molecule has 2 bridgehead atoms. The fourth-order valence-electron chi connectivity index (χ4n) is 4.09. The molecule has 0 spiro atoms. The third-order valence-electron chi connectivity index (χ3n) is 5.77. The lowest BCUT2D eigenvalue weighted by molar-refractivity contribution is -0.143. The number of ether oxygens (including phenoxy) is 2. The molecule has 0 radical (unpaired) electrons. The minimum atomic E-state index is -0.546. The van der Waals surface area contributed by atoms with Crippen LogP contribution in [0.1, 0.15) is 43.5 Å². The van der Waals surface area contributed by atoms with Gasteiger partial charge in [0, 0.05) is 0 Å². The highest BCUT2D eigenvalue weighted by molar-refractivity contribution is 5.89. The van der Waals surface area contributed by atoms with E-state index in [0.29, 0.717) is 17.2 Å². The van der Waals surface area contributed by atoms with Gasteiger partial charge in [-0.2, -0.15) is 0 Å². The Bertz CT molecular complexity index is 671. The van der Waals surface area contributed by atoms with E-state index in [4.69, 9.17) is 4.74 Å². The van der Waals surface area contributed by atoms with E-state index in [-0.39, 0.29) is 11.4 Å². The van der Waals surface area contributed by atoms with Crippen molar-refractivity contribution in [1.82, 2.24) is 0 Å². The SMILES string of the molecule is C=C1C(C)(C)[C@@H]2CC[C@@]1(C(=O)Oc1ccc(C(=O)OC)cc1)C2. The predicted molar refractivity (Wildman–Crippen MR) is 86.1 cm³/mol. The minimum absolute atomic E-state index is 0.00793. The van der Waals surface area contributed by atoms with Crippen molar-refractivity contribution in [2.24, 2.45) is 16.7 Å². The maximum absolute atomic E-state index is 12.8. The molecular weight excluding hydrogens is 292 g/mol. The lowest BCUT2D eigenvalue weighted by atomic mass is 9.68. The van der Waals surface area contributed by atoms with Crippen LogP contribution < -0.4 is 4.74 Å². The van der Waals surface area contributed by atoms with E-state index in [1.54, 1.807) is 24.3 Å². The Labute approximate surface area is 136 Å². The van der Waals surface area contributed by atoms with E-state index >= 15 is 0 Å². The number of fused-ring (bicyclic) bond motifs is 2. The zero-order valence-corrected chi connectivity index (χ0v) is 13.8. The molecule has 1 aromatic rings. The molecular formula is C19H22O4. The second kappa shape index (κ2) is 5.22. The molecule has 1 aromatic carbocycles. The average Bonchev–Trinajstić information content (AvgIpc) is 3.07. The van der Waals surface area contributed by atoms with E-state index in [1.807, 2.05) is 0 Å². The van der Waals surface area contributed by atoms with Crippen molar-refractivity contribution in [2.75, 3.05) is 7.11 Å². The third-order valence-corrected chi connectivity index (χ3v) is 5.77. The number of rotatable bonds is 3. The molecule has 2 saturated carbocycles. The van der Waals surface area contributed by atoms with Crippen molar-refractivity contribution < 1.29 is 19.1 Å². The molecule has 2 atom stereocenters. The second-order valence-electron chi connectivity index (χ2n) is 7.13. The molecule has 2 aliphatic carbocycles. The lowest BCUT2D eigenvalue weighted by Gasteiger charge is -2.36. The smallest absolute Gasteiger partial charge is 0.337 e. The molecule has 122 valence electrons. The molecule has 4 heteroatoms. The van der Waals surface area contributed by atoms with Crippen molar-refractivity contribution in [2.45, 2.75) is 33.1 Å². The summed E-state index contributed by atoms with van der Waals surface area (Å²) >= 11 is 0. The van der Waals surface area contributed by atoms with Crippen LogP contribution in [0.15, 0.2) is 36.4 Å². The number of carbonyl (C=O) groups excluding carboxylic acids is 2. The van der Waals surface area contributed by atoms with Gasteiger partial charge in [-0.05, 0) is 54.9 Å². The van der Waals surface area contributed by atoms with Crippen LogP contribution in [0.4, 0.5) is 0 Å². The lowest BCUT2D eigenvalue weighted by Crippen LogP contribution is -2.36. The molecule has 0 unspecified atom stereocenters. The predicted octanol–water partition coefficient (Wildman–Crippen LogP) is 3.76.